The highest BCUT2D eigenvalue weighted by atomic mass is 127. The minimum atomic E-state index is -0.133. The topological polar surface area (TPSA) is 49.5 Å². The molecule has 0 bridgehead atoms. The van der Waals surface area contributed by atoms with Crippen LogP contribution in [0.15, 0.2) is 18.2 Å². The summed E-state index contributed by atoms with van der Waals surface area (Å²) in [4.78, 5) is 2.25. The van der Waals surface area contributed by atoms with Crippen molar-refractivity contribution in [2.45, 2.75) is 18.9 Å². The molecule has 1 fully saturated rings. The van der Waals surface area contributed by atoms with Crippen molar-refractivity contribution in [2.24, 2.45) is 0 Å². The molecule has 0 amide bonds. The number of aliphatic hydroxyl groups is 1. The third kappa shape index (κ3) is 2.55. The summed E-state index contributed by atoms with van der Waals surface area (Å²) in [5, 5.41) is 9.43. The Morgan fingerprint density at radius 2 is 2.00 bits per heavy atom. The molecule has 1 aromatic carbocycles. The summed E-state index contributed by atoms with van der Waals surface area (Å²) in [5.41, 5.74) is 7.91. The molecule has 1 heterocycles. The molecule has 0 unspecified atom stereocenters. The third-order valence-electron chi connectivity index (χ3n) is 2.79. The van der Waals surface area contributed by atoms with Crippen molar-refractivity contribution in [3.8, 4) is 0 Å². The Morgan fingerprint density at radius 1 is 1.33 bits per heavy atom. The van der Waals surface area contributed by atoms with Gasteiger partial charge < -0.3 is 15.7 Å². The van der Waals surface area contributed by atoms with Gasteiger partial charge in [0.2, 0.25) is 0 Å². The van der Waals surface area contributed by atoms with Gasteiger partial charge in [0.25, 0.3) is 0 Å². The number of nitrogen functional groups attached to an aromatic ring is 1. The summed E-state index contributed by atoms with van der Waals surface area (Å²) in [5.74, 6) is 0. The fraction of sp³-hybridized carbons (Fsp3) is 0.455. The molecule has 4 heteroatoms. The standard InChI is InChI=1S/C11H15IN2O/c12-8-1-2-11(10(13)7-8)14-5-3-9(15)4-6-14/h1-2,7,9,15H,3-6,13H2. The van der Waals surface area contributed by atoms with E-state index in [1.165, 1.54) is 0 Å². The van der Waals surface area contributed by atoms with Gasteiger partial charge in [-0.2, -0.15) is 0 Å². The number of hydrogen-bond acceptors (Lipinski definition) is 3. The van der Waals surface area contributed by atoms with E-state index in [1.807, 2.05) is 6.07 Å². The number of nitrogens with two attached hydrogens (primary N) is 1. The molecule has 0 aromatic heterocycles. The smallest absolute Gasteiger partial charge is 0.0600 e. The first-order valence-corrected chi connectivity index (χ1v) is 6.23. The summed E-state index contributed by atoms with van der Waals surface area (Å²) in [7, 11) is 0. The molecule has 1 aliphatic rings. The summed E-state index contributed by atoms with van der Waals surface area (Å²) >= 11 is 2.26. The van der Waals surface area contributed by atoms with E-state index in [0.717, 1.165) is 40.9 Å². The predicted molar refractivity (Wildman–Crippen MR) is 71.0 cm³/mol. The SMILES string of the molecule is Nc1cc(I)ccc1N1CCC(O)CC1. The van der Waals surface area contributed by atoms with E-state index < -0.39 is 0 Å². The van der Waals surface area contributed by atoms with Crippen LogP contribution in [0.25, 0.3) is 0 Å². The largest absolute Gasteiger partial charge is 0.397 e. The van der Waals surface area contributed by atoms with E-state index in [1.54, 1.807) is 0 Å². The van der Waals surface area contributed by atoms with Crippen LogP contribution in [-0.2, 0) is 0 Å². The Balaban J connectivity index is 2.15. The first kappa shape index (κ1) is 11.0. The molecule has 15 heavy (non-hydrogen) atoms. The second-order valence-corrected chi connectivity index (χ2v) is 5.17. The zero-order valence-electron chi connectivity index (χ0n) is 8.49. The minimum absolute atomic E-state index is 0.133. The van der Waals surface area contributed by atoms with Crippen molar-refractivity contribution in [3.63, 3.8) is 0 Å². The molecular formula is C11H15IN2O. The number of anilines is 2. The molecule has 3 N–H and O–H groups in total. The molecule has 2 rings (SSSR count). The number of aliphatic hydroxyl groups excluding tert-OH is 1. The van der Waals surface area contributed by atoms with Gasteiger partial charge in [-0.05, 0) is 53.6 Å². The van der Waals surface area contributed by atoms with Crippen molar-refractivity contribution in [1.82, 2.24) is 0 Å². The maximum Gasteiger partial charge on any atom is 0.0600 e. The number of halogens is 1. The maximum atomic E-state index is 9.43. The Hall–Kier alpha value is -0.490. The maximum absolute atomic E-state index is 9.43. The molecule has 82 valence electrons. The lowest BCUT2D eigenvalue weighted by atomic mass is 10.1. The Morgan fingerprint density at radius 3 is 2.60 bits per heavy atom. The molecule has 1 aliphatic heterocycles. The Kier molecular flexibility index (Phi) is 3.35. The van der Waals surface area contributed by atoms with Gasteiger partial charge in [-0.1, -0.05) is 0 Å². The molecule has 1 aromatic rings. The van der Waals surface area contributed by atoms with Gasteiger partial charge in [0.1, 0.15) is 0 Å². The van der Waals surface area contributed by atoms with E-state index in [0.29, 0.717) is 0 Å². The molecule has 0 atom stereocenters. The number of nitrogens with zero attached hydrogens (tertiary/aromatic N) is 1. The summed E-state index contributed by atoms with van der Waals surface area (Å²) in [6.07, 6.45) is 1.54. The fourth-order valence-electron chi connectivity index (χ4n) is 1.92. The first-order chi connectivity index (χ1) is 7.16. The van der Waals surface area contributed by atoms with Crippen LogP contribution in [0.5, 0.6) is 0 Å². The lowest BCUT2D eigenvalue weighted by Crippen LogP contribution is -2.36. The van der Waals surface area contributed by atoms with Gasteiger partial charge >= 0.3 is 0 Å². The highest BCUT2D eigenvalue weighted by Gasteiger charge is 2.18. The van der Waals surface area contributed by atoms with Crippen molar-refractivity contribution < 1.29 is 5.11 Å². The molecular weight excluding hydrogens is 303 g/mol. The lowest BCUT2D eigenvalue weighted by molar-refractivity contribution is 0.145. The van der Waals surface area contributed by atoms with E-state index >= 15 is 0 Å². The van der Waals surface area contributed by atoms with Crippen molar-refractivity contribution in [1.29, 1.82) is 0 Å². The summed E-state index contributed by atoms with van der Waals surface area (Å²) < 4.78 is 1.16. The van der Waals surface area contributed by atoms with Crippen LogP contribution < -0.4 is 10.6 Å². The monoisotopic (exact) mass is 318 g/mol. The normalized spacial score (nSPS) is 18.1. The van der Waals surface area contributed by atoms with E-state index in [-0.39, 0.29) is 6.10 Å². The van der Waals surface area contributed by atoms with Gasteiger partial charge in [0.05, 0.1) is 17.5 Å². The van der Waals surface area contributed by atoms with E-state index in [2.05, 4.69) is 39.6 Å². The Bertz CT molecular complexity index is 348. The molecule has 1 saturated heterocycles. The van der Waals surface area contributed by atoms with Crippen LogP contribution in [0, 0.1) is 3.57 Å². The molecule has 0 aliphatic carbocycles. The van der Waals surface area contributed by atoms with Crippen LogP contribution in [0.2, 0.25) is 0 Å². The second kappa shape index (κ2) is 4.57. The van der Waals surface area contributed by atoms with Gasteiger partial charge in [0, 0.05) is 16.7 Å². The minimum Gasteiger partial charge on any atom is -0.397 e. The van der Waals surface area contributed by atoms with Crippen LogP contribution >= 0.6 is 22.6 Å². The number of rotatable bonds is 1. The average Bonchev–Trinajstić information content (AvgIpc) is 2.20. The number of hydrogen-bond donors (Lipinski definition) is 2. The molecule has 0 saturated carbocycles. The van der Waals surface area contributed by atoms with Crippen LogP contribution in [0.3, 0.4) is 0 Å². The van der Waals surface area contributed by atoms with Crippen LogP contribution in [0.1, 0.15) is 12.8 Å². The second-order valence-electron chi connectivity index (χ2n) is 3.92. The predicted octanol–water partition coefficient (Wildman–Crippen LogP) is 1.83. The molecule has 0 spiro atoms. The average molecular weight is 318 g/mol. The van der Waals surface area contributed by atoms with Crippen LogP contribution in [-0.4, -0.2) is 24.3 Å². The highest BCUT2D eigenvalue weighted by molar-refractivity contribution is 14.1. The quantitative estimate of drug-likeness (QED) is 0.614. The third-order valence-corrected chi connectivity index (χ3v) is 3.47. The zero-order valence-corrected chi connectivity index (χ0v) is 10.6. The van der Waals surface area contributed by atoms with Gasteiger partial charge in [-0.15, -0.1) is 0 Å². The highest BCUT2D eigenvalue weighted by Crippen LogP contribution is 2.27. The molecule has 0 radical (unpaired) electrons. The van der Waals surface area contributed by atoms with Crippen molar-refractivity contribution in [3.05, 3.63) is 21.8 Å². The van der Waals surface area contributed by atoms with Crippen molar-refractivity contribution >= 4 is 34.0 Å². The van der Waals surface area contributed by atoms with Gasteiger partial charge in [-0.3, -0.25) is 0 Å². The molecule has 3 nitrogen and oxygen atoms in total. The first-order valence-electron chi connectivity index (χ1n) is 5.15. The van der Waals surface area contributed by atoms with Crippen molar-refractivity contribution in [2.75, 3.05) is 23.7 Å². The zero-order chi connectivity index (χ0) is 10.8. The lowest BCUT2D eigenvalue weighted by Gasteiger charge is -2.32. The fourth-order valence-corrected chi connectivity index (χ4v) is 2.44. The number of benzene rings is 1. The summed E-state index contributed by atoms with van der Waals surface area (Å²) in [6, 6.07) is 6.12. The van der Waals surface area contributed by atoms with E-state index in [4.69, 9.17) is 5.73 Å². The van der Waals surface area contributed by atoms with E-state index in [9.17, 15) is 5.11 Å². The van der Waals surface area contributed by atoms with Gasteiger partial charge in [-0.25, -0.2) is 0 Å². The summed E-state index contributed by atoms with van der Waals surface area (Å²) in [6.45, 7) is 1.79. The Labute approximate surface area is 103 Å². The number of piperidine rings is 1. The van der Waals surface area contributed by atoms with Crippen LogP contribution in [0.4, 0.5) is 11.4 Å². The van der Waals surface area contributed by atoms with Gasteiger partial charge in [0.15, 0.2) is 0 Å².